The molecule has 0 bridgehead atoms. The molecule has 2 nitrogen and oxygen atoms in total. The fourth-order valence-corrected chi connectivity index (χ4v) is 1.02. The van der Waals surface area contributed by atoms with E-state index >= 15 is 0 Å². The molecule has 0 aromatic heterocycles. The monoisotopic (exact) mass is 158 g/mol. The molecule has 0 amide bonds. The van der Waals surface area contributed by atoms with Gasteiger partial charge < -0.3 is 10.2 Å². The number of nitrogens with one attached hydrogen (secondary N) is 1. The molecule has 68 valence electrons. The molecule has 0 fully saturated rings. The van der Waals surface area contributed by atoms with Crippen molar-refractivity contribution in [3.8, 4) is 0 Å². The Bertz CT molecular complexity index is 83.6. The van der Waals surface area contributed by atoms with Gasteiger partial charge in [-0.1, -0.05) is 13.8 Å². The van der Waals surface area contributed by atoms with Crippen molar-refractivity contribution in [2.24, 2.45) is 0 Å². The van der Waals surface area contributed by atoms with E-state index in [0.29, 0.717) is 6.04 Å². The Labute approximate surface area is 71.0 Å². The minimum atomic E-state index is 0.707. The first-order valence-electron chi connectivity index (χ1n) is 4.63. The predicted octanol–water partition coefficient (Wildman–Crippen LogP) is 1.33. The predicted molar refractivity (Wildman–Crippen MR) is 50.9 cm³/mol. The van der Waals surface area contributed by atoms with E-state index in [0.717, 1.165) is 19.6 Å². The van der Waals surface area contributed by atoms with Crippen LogP contribution in [0.2, 0.25) is 0 Å². The van der Waals surface area contributed by atoms with Crippen LogP contribution in [-0.4, -0.2) is 37.6 Å². The fourth-order valence-electron chi connectivity index (χ4n) is 1.02. The highest BCUT2D eigenvalue weighted by Gasteiger charge is 2.04. The number of nitrogens with zero attached hydrogens (tertiary/aromatic N) is 1. The molecule has 11 heavy (non-hydrogen) atoms. The molecule has 0 heterocycles. The standard InChI is InChI=1S/C9H22N2/c1-5-10-8-7-9(3)11(4)6-2/h9-10H,5-8H2,1-4H3. The van der Waals surface area contributed by atoms with Crippen LogP contribution in [0.25, 0.3) is 0 Å². The van der Waals surface area contributed by atoms with Gasteiger partial charge in [0.2, 0.25) is 0 Å². The van der Waals surface area contributed by atoms with E-state index in [1.54, 1.807) is 0 Å². The molecule has 1 N–H and O–H groups in total. The maximum absolute atomic E-state index is 3.33. The molecule has 0 aliphatic carbocycles. The molecule has 0 rings (SSSR count). The molecule has 1 atom stereocenters. The summed E-state index contributed by atoms with van der Waals surface area (Å²) in [5.41, 5.74) is 0. The molecular weight excluding hydrogens is 136 g/mol. The van der Waals surface area contributed by atoms with Crippen LogP contribution in [0.3, 0.4) is 0 Å². The zero-order valence-corrected chi connectivity index (χ0v) is 8.35. The molecule has 0 aliphatic heterocycles. The van der Waals surface area contributed by atoms with Crippen LogP contribution in [0.5, 0.6) is 0 Å². The van der Waals surface area contributed by atoms with E-state index in [1.807, 2.05) is 0 Å². The summed E-state index contributed by atoms with van der Waals surface area (Å²) in [4.78, 5) is 2.37. The maximum Gasteiger partial charge on any atom is 0.00758 e. The van der Waals surface area contributed by atoms with Crippen LogP contribution in [-0.2, 0) is 0 Å². The van der Waals surface area contributed by atoms with Gasteiger partial charge in [-0.05, 0) is 40.0 Å². The first kappa shape index (κ1) is 10.9. The Morgan fingerprint density at radius 1 is 1.36 bits per heavy atom. The van der Waals surface area contributed by atoms with Gasteiger partial charge in [0, 0.05) is 6.04 Å². The zero-order chi connectivity index (χ0) is 8.69. The van der Waals surface area contributed by atoms with Gasteiger partial charge in [-0.2, -0.15) is 0 Å². The highest BCUT2D eigenvalue weighted by Crippen LogP contribution is 1.98. The Kier molecular flexibility index (Phi) is 6.57. The summed E-state index contributed by atoms with van der Waals surface area (Å²) in [6.45, 7) is 10.00. The van der Waals surface area contributed by atoms with Crippen LogP contribution in [0.15, 0.2) is 0 Å². The van der Waals surface area contributed by atoms with Crippen LogP contribution in [0.4, 0.5) is 0 Å². The molecule has 0 radical (unpaired) electrons. The van der Waals surface area contributed by atoms with Crippen LogP contribution in [0.1, 0.15) is 27.2 Å². The number of hydrogen-bond donors (Lipinski definition) is 1. The minimum Gasteiger partial charge on any atom is -0.317 e. The second-order valence-corrected chi connectivity index (χ2v) is 3.06. The summed E-state index contributed by atoms with van der Waals surface area (Å²) in [7, 11) is 2.18. The van der Waals surface area contributed by atoms with E-state index in [1.165, 1.54) is 6.42 Å². The highest BCUT2D eigenvalue weighted by atomic mass is 15.1. The normalized spacial score (nSPS) is 13.9. The maximum atomic E-state index is 3.33. The zero-order valence-electron chi connectivity index (χ0n) is 8.35. The van der Waals surface area contributed by atoms with Crippen molar-refractivity contribution in [2.45, 2.75) is 33.2 Å². The van der Waals surface area contributed by atoms with Crippen LogP contribution >= 0.6 is 0 Å². The smallest absolute Gasteiger partial charge is 0.00758 e. The first-order valence-corrected chi connectivity index (χ1v) is 4.63. The Hall–Kier alpha value is -0.0800. The lowest BCUT2D eigenvalue weighted by Gasteiger charge is -2.22. The Morgan fingerprint density at radius 3 is 2.45 bits per heavy atom. The summed E-state index contributed by atoms with van der Waals surface area (Å²) < 4.78 is 0. The van der Waals surface area contributed by atoms with Crippen LogP contribution < -0.4 is 5.32 Å². The third-order valence-electron chi connectivity index (χ3n) is 2.24. The molecule has 0 saturated carbocycles. The highest BCUT2D eigenvalue weighted by molar-refractivity contribution is 4.62. The number of hydrogen-bond acceptors (Lipinski definition) is 2. The van der Waals surface area contributed by atoms with Crippen LogP contribution in [0, 0.1) is 0 Å². The van der Waals surface area contributed by atoms with Gasteiger partial charge in [-0.3, -0.25) is 0 Å². The van der Waals surface area contributed by atoms with Crippen molar-refractivity contribution in [1.29, 1.82) is 0 Å². The quantitative estimate of drug-likeness (QED) is 0.587. The minimum absolute atomic E-state index is 0.707. The summed E-state index contributed by atoms with van der Waals surface area (Å²) in [6.07, 6.45) is 1.25. The molecule has 0 aromatic rings. The lowest BCUT2D eigenvalue weighted by Crippen LogP contribution is -2.31. The Balaban J connectivity index is 3.28. The van der Waals surface area contributed by atoms with Gasteiger partial charge in [-0.25, -0.2) is 0 Å². The lowest BCUT2D eigenvalue weighted by atomic mass is 10.2. The van der Waals surface area contributed by atoms with E-state index in [-0.39, 0.29) is 0 Å². The average Bonchev–Trinajstić information content (AvgIpc) is 2.03. The third-order valence-corrected chi connectivity index (χ3v) is 2.24. The second-order valence-electron chi connectivity index (χ2n) is 3.06. The van der Waals surface area contributed by atoms with Gasteiger partial charge in [0.25, 0.3) is 0 Å². The second kappa shape index (κ2) is 6.62. The van der Waals surface area contributed by atoms with E-state index in [2.05, 4.69) is 38.0 Å². The fraction of sp³-hybridized carbons (Fsp3) is 1.00. The first-order chi connectivity index (χ1) is 5.22. The summed E-state index contributed by atoms with van der Waals surface area (Å²) in [5, 5.41) is 3.33. The third kappa shape index (κ3) is 5.22. The van der Waals surface area contributed by atoms with Crippen molar-refractivity contribution in [3.05, 3.63) is 0 Å². The molecule has 1 unspecified atom stereocenters. The van der Waals surface area contributed by atoms with Gasteiger partial charge in [0.15, 0.2) is 0 Å². The molecule has 0 spiro atoms. The average molecular weight is 158 g/mol. The van der Waals surface area contributed by atoms with Crippen molar-refractivity contribution in [1.82, 2.24) is 10.2 Å². The topological polar surface area (TPSA) is 15.3 Å². The summed E-state index contributed by atoms with van der Waals surface area (Å²) in [6, 6.07) is 0.707. The summed E-state index contributed by atoms with van der Waals surface area (Å²) >= 11 is 0. The van der Waals surface area contributed by atoms with E-state index < -0.39 is 0 Å². The SMILES string of the molecule is CCNCCC(C)N(C)CC. The van der Waals surface area contributed by atoms with E-state index in [9.17, 15) is 0 Å². The lowest BCUT2D eigenvalue weighted by molar-refractivity contribution is 0.257. The van der Waals surface area contributed by atoms with Crippen molar-refractivity contribution in [2.75, 3.05) is 26.7 Å². The van der Waals surface area contributed by atoms with Gasteiger partial charge in [0.05, 0.1) is 0 Å². The molecule has 0 aliphatic rings. The molecule has 0 saturated heterocycles. The largest absolute Gasteiger partial charge is 0.317 e. The van der Waals surface area contributed by atoms with Gasteiger partial charge in [-0.15, -0.1) is 0 Å². The summed E-state index contributed by atoms with van der Waals surface area (Å²) in [5.74, 6) is 0. The van der Waals surface area contributed by atoms with Crippen molar-refractivity contribution in [3.63, 3.8) is 0 Å². The van der Waals surface area contributed by atoms with E-state index in [4.69, 9.17) is 0 Å². The molecule has 2 heteroatoms. The molecule has 0 aromatic carbocycles. The Morgan fingerprint density at radius 2 is 2.00 bits per heavy atom. The number of rotatable bonds is 6. The van der Waals surface area contributed by atoms with Crippen molar-refractivity contribution >= 4 is 0 Å². The van der Waals surface area contributed by atoms with Crippen molar-refractivity contribution < 1.29 is 0 Å². The molecular formula is C9H22N2. The van der Waals surface area contributed by atoms with Gasteiger partial charge >= 0.3 is 0 Å². The van der Waals surface area contributed by atoms with Gasteiger partial charge in [0.1, 0.15) is 0 Å².